The van der Waals surface area contributed by atoms with Gasteiger partial charge in [-0.05, 0) is 42.8 Å². The molecule has 0 spiro atoms. The fourth-order valence-corrected chi connectivity index (χ4v) is 3.73. The topological polar surface area (TPSA) is 55.4 Å². The van der Waals surface area contributed by atoms with Crippen molar-refractivity contribution in [3.63, 3.8) is 0 Å². The molecular formula is C23H21NO3S. The van der Waals surface area contributed by atoms with Gasteiger partial charge >= 0.3 is 5.97 Å². The summed E-state index contributed by atoms with van der Waals surface area (Å²) in [4.78, 5) is 26.0. The third-order valence-corrected chi connectivity index (χ3v) is 5.25. The molecule has 0 aromatic heterocycles. The summed E-state index contributed by atoms with van der Waals surface area (Å²) in [5.41, 5.74) is 1.88. The van der Waals surface area contributed by atoms with Crippen molar-refractivity contribution in [1.82, 2.24) is 0 Å². The highest BCUT2D eigenvalue weighted by Gasteiger charge is 2.22. The number of nitrogens with one attached hydrogen (secondary N) is 1. The van der Waals surface area contributed by atoms with Crippen LogP contribution < -0.4 is 5.32 Å². The second kappa shape index (κ2) is 9.76. The van der Waals surface area contributed by atoms with Crippen LogP contribution in [0.4, 0.5) is 5.69 Å². The van der Waals surface area contributed by atoms with E-state index in [0.29, 0.717) is 17.9 Å². The zero-order chi connectivity index (χ0) is 19.8. The number of benzene rings is 3. The second-order valence-electron chi connectivity index (χ2n) is 6.01. The number of ether oxygens (including phenoxy) is 1. The number of thioether (sulfide) groups is 1. The van der Waals surface area contributed by atoms with E-state index in [4.69, 9.17) is 4.74 Å². The molecule has 0 radical (unpaired) electrons. The van der Waals surface area contributed by atoms with Gasteiger partial charge in [-0.3, -0.25) is 4.79 Å². The summed E-state index contributed by atoms with van der Waals surface area (Å²) in [6.07, 6.45) is 0. The van der Waals surface area contributed by atoms with Crippen molar-refractivity contribution in [3.05, 3.63) is 96.1 Å². The number of esters is 1. The minimum atomic E-state index is -0.421. The Morgan fingerprint density at radius 2 is 1.61 bits per heavy atom. The van der Waals surface area contributed by atoms with Crippen LogP contribution >= 0.6 is 11.8 Å². The van der Waals surface area contributed by atoms with E-state index < -0.39 is 11.2 Å². The van der Waals surface area contributed by atoms with Crippen molar-refractivity contribution >= 4 is 29.3 Å². The molecule has 3 aromatic rings. The summed E-state index contributed by atoms with van der Waals surface area (Å²) in [6.45, 7) is 2.06. The van der Waals surface area contributed by atoms with Crippen molar-refractivity contribution in [3.8, 4) is 0 Å². The van der Waals surface area contributed by atoms with Gasteiger partial charge in [0.2, 0.25) is 5.91 Å². The molecule has 0 aliphatic heterocycles. The maximum Gasteiger partial charge on any atom is 0.338 e. The van der Waals surface area contributed by atoms with Crippen molar-refractivity contribution in [2.24, 2.45) is 0 Å². The van der Waals surface area contributed by atoms with E-state index >= 15 is 0 Å². The first kappa shape index (κ1) is 19.7. The van der Waals surface area contributed by atoms with Gasteiger partial charge in [-0.15, -0.1) is 11.8 Å². The van der Waals surface area contributed by atoms with E-state index in [0.717, 1.165) is 10.5 Å². The molecule has 0 unspecified atom stereocenters. The largest absolute Gasteiger partial charge is 0.462 e. The molecule has 1 atom stereocenters. The maximum absolute atomic E-state index is 13.1. The van der Waals surface area contributed by atoms with Crippen LogP contribution in [-0.4, -0.2) is 18.5 Å². The van der Waals surface area contributed by atoms with Gasteiger partial charge in [0.05, 0.1) is 12.2 Å². The summed E-state index contributed by atoms with van der Waals surface area (Å²) in [5.74, 6) is -0.557. The highest BCUT2D eigenvalue weighted by molar-refractivity contribution is 8.00. The molecule has 0 saturated carbocycles. The van der Waals surface area contributed by atoms with Crippen LogP contribution in [0.5, 0.6) is 0 Å². The second-order valence-corrected chi connectivity index (χ2v) is 7.19. The predicted molar refractivity (Wildman–Crippen MR) is 113 cm³/mol. The van der Waals surface area contributed by atoms with Crippen molar-refractivity contribution in [2.75, 3.05) is 11.9 Å². The van der Waals surface area contributed by atoms with Gasteiger partial charge in [-0.2, -0.15) is 0 Å². The summed E-state index contributed by atoms with van der Waals surface area (Å²) in [7, 11) is 0. The van der Waals surface area contributed by atoms with E-state index in [-0.39, 0.29) is 5.91 Å². The number of anilines is 1. The molecule has 0 heterocycles. The zero-order valence-electron chi connectivity index (χ0n) is 15.5. The highest BCUT2D eigenvalue weighted by Crippen LogP contribution is 2.36. The first-order chi connectivity index (χ1) is 13.7. The molecule has 3 aromatic carbocycles. The highest BCUT2D eigenvalue weighted by atomic mass is 32.2. The van der Waals surface area contributed by atoms with Gasteiger partial charge in [0.1, 0.15) is 5.25 Å². The van der Waals surface area contributed by atoms with Gasteiger partial charge in [-0.1, -0.05) is 54.6 Å². The Kier molecular flexibility index (Phi) is 6.87. The lowest BCUT2D eigenvalue weighted by molar-refractivity contribution is -0.115. The Morgan fingerprint density at radius 1 is 0.929 bits per heavy atom. The molecule has 0 saturated heterocycles. The van der Waals surface area contributed by atoms with Crippen LogP contribution in [0.25, 0.3) is 0 Å². The molecule has 0 bridgehead atoms. The Labute approximate surface area is 168 Å². The number of hydrogen-bond acceptors (Lipinski definition) is 4. The Morgan fingerprint density at radius 3 is 2.29 bits per heavy atom. The van der Waals surface area contributed by atoms with E-state index in [1.165, 1.54) is 11.8 Å². The van der Waals surface area contributed by atoms with Crippen LogP contribution in [0.1, 0.15) is 28.1 Å². The van der Waals surface area contributed by atoms with Crippen molar-refractivity contribution < 1.29 is 14.3 Å². The Bertz CT molecular complexity index is 929. The zero-order valence-corrected chi connectivity index (χ0v) is 16.3. The molecule has 3 rings (SSSR count). The SMILES string of the molecule is CCOC(=O)c1cccc(NC(=O)[C@H](Sc2ccccc2)c2ccccc2)c1. The molecule has 142 valence electrons. The van der Waals surface area contributed by atoms with E-state index in [2.05, 4.69) is 5.32 Å². The number of hydrogen-bond donors (Lipinski definition) is 1. The molecule has 0 aliphatic rings. The molecule has 4 nitrogen and oxygen atoms in total. The maximum atomic E-state index is 13.1. The quantitative estimate of drug-likeness (QED) is 0.437. The van der Waals surface area contributed by atoms with E-state index in [1.54, 1.807) is 31.2 Å². The van der Waals surface area contributed by atoms with Crippen LogP contribution in [0.2, 0.25) is 0 Å². The lowest BCUT2D eigenvalue weighted by atomic mass is 10.1. The summed E-state index contributed by atoms with van der Waals surface area (Å²) in [5, 5.41) is 2.51. The fourth-order valence-electron chi connectivity index (χ4n) is 2.68. The number of carbonyl (C=O) groups excluding carboxylic acids is 2. The average Bonchev–Trinajstić information content (AvgIpc) is 2.73. The summed E-state index contributed by atoms with van der Waals surface area (Å²) in [6, 6.07) is 26.2. The van der Waals surface area contributed by atoms with Crippen LogP contribution in [-0.2, 0) is 9.53 Å². The van der Waals surface area contributed by atoms with Crippen molar-refractivity contribution in [2.45, 2.75) is 17.1 Å². The normalized spacial score (nSPS) is 11.5. The van der Waals surface area contributed by atoms with Gasteiger partial charge in [-0.25, -0.2) is 4.79 Å². The van der Waals surface area contributed by atoms with E-state index in [1.807, 2.05) is 60.7 Å². The minimum Gasteiger partial charge on any atom is -0.462 e. The molecule has 28 heavy (non-hydrogen) atoms. The Hall–Kier alpha value is -3.05. The summed E-state index contributed by atoms with van der Waals surface area (Å²) >= 11 is 1.48. The van der Waals surface area contributed by atoms with E-state index in [9.17, 15) is 9.59 Å². The molecular weight excluding hydrogens is 370 g/mol. The smallest absolute Gasteiger partial charge is 0.338 e. The lowest BCUT2D eigenvalue weighted by Crippen LogP contribution is -2.19. The van der Waals surface area contributed by atoms with Crippen LogP contribution in [0, 0.1) is 0 Å². The first-order valence-corrected chi connectivity index (χ1v) is 9.90. The van der Waals surface area contributed by atoms with Gasteiger partial charge in [0, 0.05) is 10.6 Å². The molecule has 0 aliphatic carbocycles. The first-order valence-electron chi connectivity index (χ1n) is 9.02. The van der Waals surface area contributed by atoms with Crippen LogP contribution in [0.3, 0.4) is 0 Å². The van der Waals surface area contributed by atoms with Gasteiger partial charge in [0.25, 0.3) is 0 Å². The third-order valence-electron chi connectivity index (χ3n) is 3.98. The third kappa shape index (κ3) is 5.24. The Balaban J connectivity index is 1.82. The standard InChI is InChI=1S/C23H21NO3S/c1-2-27-23(26)18-12-9-13-19(16-18)24-22(25)21(17-10-5-3-6-11-17)28-20-14-7-4-8-15-20/h3-16,21H,2H2,1H3,(H,24,25)/t21-/m1/s1. The molecule has 0 fully saturated rings. The fraction of sp³-hybridized carbons (Fsp3) is 0.130. The van der Waals surface area contributed by atoms with Gasteiger partial charge < -0.3 is 10.1 Å². The van der Waals surface area contributed by atoms with Crippen molar-refractivity contribution in [1.29, 1.82) is 0 Å². The molecule has 1 N–H and O–H groups in total. The number of carbonyl (C=O) groups is 2. The van der Waals surface area contributed by atoms with Gasteiger partial charge in [0.15, 0.2) is 0 Å². The predicted octanol–water partition coefficient (Wildman–Crippen LogP) is 5.34. The number of rotatable bonds is 7. The molecule has 1 amide bonds. The number of amides is 1. The minimum absolute atomic E-state index is 0.152. The lowest BCUT2D eigenvalue weighted by Gasteiger charge is -2.17. The average molecular weight is 391 g/mol. The molecule has 5 heteroatoms. The monoisotopic (exact) mass is 391 g/mol. The summed E-state index contributed by atoms with van der Waals surface area (Å²) < 4.78 is 5.03. The van der Waals surface area contributed by atoms with Crippen LogP contribution in [0.15, 0.2) is 89.8 Å².